The normalized spacial score (nSPS) is 18.5. The van der Waals surface area contributed by atoms with Crippen LogP contribution in [0.2, 0.25) is 0 Å². The number of benzene rings is 2. The summed E-state index contributed by atoms with van der Waals surface area (Å²) in [4.78, 5) is 2.59. The zero-order chi connectivity index (χ0) is 16.3. The molecule has 0 aromatic heterocycles. The Morgan fingerprint density at radius 1 is 1.00 bits per heavy atom. The molecule has 0 saturated heterocycles. The molecule has 2 heteroatoms. The minimum absolute atomic E-state index is 0.212. The van der Waals surface area contributed by atoms with Crippen molar-refractivity contribution in [2.75, 3.05) is 19.7 Å². The van der Waals surface area contributed by atoms with Crippen LogP contribution in [0, 0.1) is 5.41 Å². The van der Waals surface area contributed by atoms with E-state index in [1.54, 1.807) is 0 Å². The van der Waals surface area contributed by atoms with Crippen LogP contribution in [0.15, 0.2) is 54.6 Å². The molecule has 0 saturated carbocycles. The van der Waals surface area contributed by atoms with E-state index in [9.17, 15) is 0 Å². The number of para-hydroxylation sites is 1. The van der Waals surface area contributed by atoms with Crippen LogP contribution in [-0.4, -0.2) is 24.6 Å². The van der Waals surface area contributed by atoms with Crippen molar-refractivity contribution in [2.45, 2.75) is 33.2 Å². The number of hydrogen-bond donors (Lipinski definition) is 0. The van der Waals surface area contributed by atoms with Crippen molar-refractivity contribution in [1.82, 2.24) is 4.90 Å². The molecule has 2 nitrogen and oxygen atoms in total. The molecule has 1 heterocycles. The Labute approximate surface area is 140 Å². The van der Waals surface area contributed by atoms with Gasteiger partial charge in [-0.05, 0) is 35.1 Å². The van der Waals surface area contributed by atoms with E-state index >= 15 is 0 Å². The van der Waals surface area contributed by atoms with Crippen LogP contribution >= 0.6 is 0 Å². The van der Waals surface area contributed by atoms with E-state index in [1.807, 2.05) is 30.3 Å². The quantitative estimate of drug-likeness (QED) is 0.811. The molecular formula is C21H27NO. The predicted octanol–water partition coefficient (Wildman–Crippen LogP) is 4.71. The third-order valence-electron chi connectivity index (χ3n) is 4.59. The lowest BCUT2D eigenvalue weighted by Crippen LogP contribution is -2.43. The number of hydrogen-bond acceptors (Lipinski definition) is 2. The third-order valence-corrected chi connectivity index (χ3v) is 4.59. The molecule has 3 rings (SSSR count). The number of fused-ring (bicyclic) bond motifs is 1. The van der Waals surface area contributed by atoms with Crippen molar-refractivity contribution < 1.29 is 4.74 Å². The molecule has 0 radical (unpaired) electrons. The first-order valence-electron chi connectivity index (χ1n) is 8.55. The standard InChI is InChI=1S/C21H27NO/c1-21(2,3)20-19-12-8-7-9-17(19)13-14-22(20)15-16-23-18-10-5-4-6-11-18/h4-12,20H,13-16H2,1-3H3. The average molecular weight is 309 g/mol. The van der Waals surface area contributed by atoms with Gasteiger partial charge in [0.05, 0.1) is 0 Å². The largest absolute Gasteiger partial charge is 0.492 e. The minimum Gasteiger partial charge on any atom is -0.492 e. The fraction of sp³-hybridized carbons (Fsp3) is 0.429. The second kappa shape index (κ2) is 6.76. The second-order valence-corrected chi connectivity index (χ2v) is 7.41. The number of nitrogens with zero attached hydrogens (tertiary/aromatic N) is 1. The van der Waals surface area contributed by atoms with Crippen molar-refractivity contribution in [1.29, 1.82) is 0 Å². The highest BCUT2D eigenvalue weighted by atomic mass is 16.5. The summed E-state index contributed by atoms with van der Waals surface area (Å²) < 4.78 is 5.92. The number of rotatable bonds is 4. The molecule has 0 aliphatic carbocycles. The maximum Gasteiger partial charge on any atom is 0.119 e. The first-order valence-corrected chi connectivity index (χ1v) is 8.55. The van der Waals surface area contributed by atoms with Gasteiger partial charge in [0, 0.05) is 19.1 Å². The van der Waals surface area contributed by atoms with Crippen LogP contribution in [0.3, 0.4) is 0 Å². The lowest BCUT2D eigenvalue weighted by atomic mass is 9.77. The fourth-order valence-electron chi connectivity index (χ4n) is 3.67. The Hall–Kier alpha value is -1.80. The first-order chi connectivity index (χ1) is 11.1. The molecule has 1 atom stereocenters. The molecule has 0 amide bonds. The van der Waals surface area contributed by atoms with Gasteiger partial charge in [0.2, 0.25) is 0 Å². The van der Waals surface area contributed by atoms with Crippen molar-refractivity contribution in [2.24, 2.45) is 5.41 Å². The van der Waals surface area contributed by atoms with Crippen LogP contribution in [0.25, 0.3) is 0 Å². The highest BCUT2D eigenvalue weighted by Gasteiger charge is 2.35. The summed E-state index contributed by atoms with van der Waals surface area (Å²) in [5, 5.41) is 0. The molecule has 0 bridgehead atoms. The second-order valence-electron chi connectivity index (χ2n) is 7.41. The first kappa shape index (κ1) is 16.1. The summed E-state index contributed by atoms with van der Waals surface area (Å²) in [6, 6.07) is 19.5. The maximum atomic E-state index is 5.92. The SMILES string of the molecule is CC(C)(C)C1c2ccccc2CCN1CCOc1ccccc1. The Kier molecular flexibility index (Phi) is 4.72. The fourth-order valence-corrected chi connectivity index (χ4v) is 3.67. The van der Waals surface area contributed by atoms with E-state index in [-0.39, 0.29) is 5.41 Å². The van der Waals surface area contributed by atoms with Crippen LogP contribution in [0.5, 0.6) is 5.75 Å². The summed E-state index contributed by atoms with van der Waals surface area (Å²) in [5.41, 5.74) is 3.21. The van der Waals surface area contributed by atoms with E-state index in [0.29, 0.717) is 6.04 Å². The van der Waals surface area contributed by atoms with Gasteiger partial charge < -0.3 is 4.74 Å². The monoisotopic (exact) mass is 309 g/mol. The molecule has 122 valence electrons. The van der Waals surface area contributed by atoms with Gasteiger partial charge in [-0.25, -0.2) is 0 Å². The predicted molar refractivity (Wildman–Crippen MR) is 95.9 cm³/mol. The van der Waals surface area contributed by atoms with Gasteiger partial charge in [-0.15, -0.1) is 0 Å². The Morgan fingerprint density at radius 2 is 1.70 bits per heavy atom. The van der Waals surface area contributed by atoms with Crippen LogP contribution in [0.4, 0.5) is 0 Å². The summed E-state index contributed by atoms with van der Waals surface area (Å²) >= 11 is 0. The molecule has 2 aromatic rings. The van der Waals surface area contributed by atoms with E-state index in [4.69, 9.17) is 4.74 Å². The van der Waals surface area contributed by atoms with Gasteiger partial charge in [-0.1, -0.05) is 63.2 Å². The van der Waals surface area contributed by atoms with Gasteiger partial charge in [-0.3, -0.25) is 4.90 Å². The van der Waals surface area contributed by atoms with Crippen molar-refractivity contribution in [3.63, 3.8) is 0 Å². The molecule has 1 unspecified atom stereocenters. The van der Waals surface area contributed by atoms with Crippen molar-refractivity contribution in [3.8, 4) is 5.75 Å². The molecule has 1 aliphatic heterocycles. The van der Waals surface area contributed by atoms with Gasteiger partial charge in [0.1, 0.15) is 12.4 Å². The molecule has 0 spiro atoms. The molecule has 23 heavy (non-hydrogen) atoms. The van der Waals surface area contributed by atoms with Gasteiger partial charge in [0.25, 0.3) is 0 Å². The van der Waals surface area contributed by atoms with Crippen LogP contribution < -0.4 is 4.74 Å². The molecular weight excluding hydrogens is 282 g/mol. The lowest BCUT2D eigenvalue weighted by molar-refractivity contribution is 0.0745. The molecule has 1 aliphatic rings. The summed E-state index contributed by atoms with van der Waals surface area (Å²) in [7, 11) is 0. The van der Waals surface area contributed by atoms with Crippen LogP contribution in [-0.2, 0) is 6.42 Å². The number of ether oxygens (including phenoxy) is 1. The van der Waals surface area contributed by atoms with Gasteiger partial charge >= 0.3 is 0 Å². The van der Waals surface area contributed by atoms with E-state index < -0.39 is 0 Å². The van der Waals surface area contributed by atoms with Crippen molar-refractivity contribution in [3.05, 3.63) is 65.7 Å². The smallest absolute Gasteiger partial charge is 0.119 e. The van der Waals surface area contributed by atoms with Crippen molar-refractivity contribution >= 4 is 0 Å². The summed E-state index contributed by atoms with van der Waals surface area (Å²) in [6.45, 7) is 9.82. The minimum atomic E-state index is 0.212. The van der Waals surface area contributed by atoms with E-state index in [2.05, 4.69) is 49.9 Å². The Balaban J connectivity index is 1.71. The van der Waals surface area contributed by atoms with Gasteiger partial charge in [0.15, 0.2) is 0 Å². The lowest BCUT2D eigenvalue weighted by Gasteiger charge is -2.44. The molecule has 0 N–H and O–H groups in total. The average Bonchev–Trinajstić information content (AvgIpc) is 2.54. The zero-order valence-electron chi connectivity index (χ0n) is 14.5. The molecule has 2 aromatic carbocycles. The van der Waals surface area contributed by atoms with E-state index in [1.165, 1.54) is 11.1 Å². The Bertz CT molecular complexity index is 630. The Morgan fingerprint density at radius 3 is 2.43 bits per heavy atom. The highest BCUT2D eigenvalue weighted by Crippen LogP contribution is 2.41. The maximum absolute atomic E-state index is 5.92. The zero-order valence-corrected chi connectivity index (χ0v) is 14.5. The third kappa shape index (κ3) is 3.76. The van der Waals surface area contributed by atoms with Gasteiger partial charge in [-0.2, -0.15) is 0 Å². The molecule has 0 fully saturated rings. The topological polar surface area (TPSA) is 12.5 Å². The highest BCUT2D eigenvalue weighted by molar-refractivity contribution is 5.33. The van der Waals surface area contributed by atoms with E-state index in [0.717, 1.165) is 31.9 Å². The van der Waals surface area contributed by atoms with Crippen LogP contribution in [0.1, 0.15) is 37.9 Å². The summed E-state index contributed by atoms with van der Waals surface area (Å²) in [6.07, 6.45) is 1.13. The summed E-state index contributed by atoms with van der Waals surface area (Å²) in [5.74, 6) is 0.956.